The maximum atomic E-state index is 10.9. The molecule has 0 spiro atoms. The van der Waals surface area contributed by atoms with Crippen molar-refractivity contribution in [3.05, 3.63) is 28.8 Å². The first-order valence-corrected chi connectivity index (χ1v) is 7.33. The normalized spacial score (nSPS) is 10.4. The molecule has 0 radical (unpaired) electrons. The minimum atomic E-state index is -0.850. The summed E-state index contributed by atoms with van der Waals surface area (Å²) in [6.07, 6.45) is 0.693. The molecule has 2 aromatic rings. The SMILES string of the molecule is CCc1nc(-c2cc(OC)ccc2OC)sc1CC(=O)O. The van der Waals surface area contributed by atoms with Crippen LogP contribution in [0.4, 0.5) is 0 Å². The van der Waals surface area contributed by atoms with Crippen LogP contribution in [0.2, 0.25) is 0 Å². The van der Waals surface area contributed by atoms with Crippen molar-refractivity contribution in [1.82, 2.24) is 4.98 Å². The first-order valence-electron chi connectivity index (χ1n) is 6.51. The Morgan fingerprint density at radius 3 is 2.67 bits per heavy atom. The molecule has 0 aliphatic carbocycles. The first-order chi connectivity index (χ1) is 10.1. The molecular weight excluding hydrogens is 290 g/mol. The molecule has 0 aliphatic rings. The van der Waals surface area contributed by atoms with Gasteiger partial charge in [0.05, 0.1) is 31.9 Å². The topological polar surface area (TPSA) is 68.7 Å². The van der Waals surface area contributed by atoms with Gasteiger partial charge in [-0.05, 0) is 24.6 Å². The number of ether oxygens (including phenoxy) is 2. The molecule has 0 aliphatic heterocycles. The average molecular weight is 307 g/mol. The second kappa shape index (κ2) is 6.58. The molecule has 2 rings (SSSR count). The van der Waals surface area contributed by atoms with Gasteiger partial charge < -0.3 is 14.6 Å². The summed E-state index contributed by atoms with van der Waals surface area (Å²) in [6.45, 7) is 1.97. The lowest BCUT2D eigenvalue weighted by molar-refractivity contribution is -0.136. The lowest BCUT2D eigenvalue weighted by Gasteiger charge is -2.08. The molecule has 112 valence electrons. The van der Waals surface area contributed by atoms with Crippen molar-refractivity contribution in [3.8, 4) is 22.1 Å². The molecule has 1 aromatic heterocycles. The number of aromatic nitrogens is 1. The van der Waals surface area contributed by atoms with E-state index in [-0.39, 0.29) is 6.42 Å². The van der Waals surface area contributed by atoms with E-state index >= 15 is 0 Å². The number of benzene rings is 1. The van der Waals surface area contributed by atoms with E-state index in [0.29, 0.717) is 17.9 Å². The third-order valence-corrected chi connectivity index (χ3v) is 4.19. The van der Waals surface area contributed by atoms with E-state index in [1.165, 1.54) is 11.3 Å². The number of carboxylic acid groups (broad SMARTS) is 1. The number of hydrogen-bond donors (Lipinski definition) is 1. The van der Waals surface area contributed by atoms with Gasteiger partial charge in [-0.3, -0.25) is 4.79 Å². The number of carbonyl (C=O) groups is 1. The second-order valence-corrected chi connectivity index (χ2v) is 5.46. The van der Waals surface area contributed by atoms with Gasteiger partial charge in [0.1, 0.15) is 16.5 Å². The fourth-order valence-corrected chi connectivity index (χ4v) is 3.19. The van der Waals surface area contributed by atoms with Crippen LogP contribution in [0, 0.1) is 0 Å². The summed E-state index contributed by atoms with van der Waals surface area (Å²) >= 11 is 1.39. The van der Waals surface area contributed by atoms with Crippen LogP contribution in [0.5, 0.6) is 11.5 Å². The van der Waals surface area contributed by atoms with Gasteiger partial charge >= 0.3 is 5.97 Å². The number of rotatable bonds is 6. The summed E-state index contributed by atoms with van der Waals surface area (Å²) in [6, 6.07) is 5.48. The Balaban J connectivity index is 2.50. The molecular formula is C15H17NO4S. The Morgan fingerprint density at radius 2 is 2.10 bits per heavy atom. The van der Waals surface area contributed by atoms with Crippen LogP contribution in [0.25, 0.3) is 10.6 Å². The zero-order chi connectivity index (χ0) is 15.4. The molecule has 1 N–H and O–H groups in total. The molecule has 0 saturated carbocycles. The zero-order valence-corrected chi connectivity index (χ0v) is 13.0. The quantitative estimate of drug-likeness (QED) is 0.888. The van der Waals surface area contributed by atoms with E-state index < -0.39 is 5.97 Å². The Kier molecular flexibility index (Phi) is 4.80. The number of thiazole rings is 1. The highest BCUT2D eigenvalue weighted by atomic mass is 32.1. The monoisotopic (exact) mass is 307 g/mol. The van der Waals surface area contributed by atoms with E-state index in [9.17, 15) is 4.79 Å². The van der Waals surface area contributed by atoms with Crippen molar-refractivity contribution in [2.24, 2.45) is 0 Å². The lowest BCUT2D eigenvalue weighted by atomic mass is 10.2. The fraction of sp³-hybridized carbons (Fsp3) is 0.333. The largest absolute Gasteiger partial charge is 0.497 e. The van der Waals surface area contributed by atoms with Gasteiger partial charge in [0.25, 0.3) is 0 Å². The number of aliphatic carboxylic acids is 1. The highest BCUT2D eigenvalue weighted by Crippen LogP contribution is 2.37. The molecule has 1 heterocycles. The molecule has 1 aromatic carbocycles. The maximum absolute atomic E-state index is 10.9. The summed E-state index contributed by atoms with van der Waals surface area (Å²) in [5.74, 6) is 0.547. The van der Waals surface area contributed by atoms with Crippen molar-refractivity contribution in [2.75, 3.05) is 14.2 Å². The number of methoxy groups -OCH3 is 2. The van der Waals surface area contributed by atoms with Gasteiger partial charge in [-0.25, -0.2) is 4.98 Å². The van der Waals surface area contributed by atoms with E-state index in [1.807, 2.05) is 25.1 Å². The van der Waals surface area contributed by atoms with E-state index in [0.717, 1.165) is 21.1 Å². The van der Waals surface area contributed by atoms with Gasteiger partial charge in [0.2, 0.25) is 0 Å². The number of hydrogen-bond acceptors (Lipinski definition) is 5. The Morgan fingerprint density at radius 1 is 1.33 bits per heavy atom. The standard InChI is InChI=1S/C15H17NO4S/c1-4-11-13(8-14(17)18)21-15(16-11)10-7-9(19-2)5-6-12(10)20-3/h5-7H,4,8H2,1-3H3,(H,17,18). The maximum Gasteiger partial charge on any atom is 0.308 e. The first kappa shape index (κ1) is 15.3. The zero-order valence-electron chi connectivity index (χ0n) is 12.2. The molecule has 0 bridgehead atoms. The fourth-order valence-electron chi connectivity index (χ4n) is 2.03. The number of nitrogens with zero attached hydrogens (tertiary/aromatic N) is 1. The van der Waals surface area contributed by atoms with Crippen LogP contribution in [0.15, 0.2) is 18.2 Å². The van der Waals surface area contributed by atoms with Gasteiger partial charge in [0, 0.05) is 4.88 Å². The average Bonchev–Trinajstić information content (AvgIpc) is 2.88. The molecule has 0 fully saturated rings. The third kappa shape index (κ3) is 3.33. The van der Waals surface area contributed by atoms with Gasteiger partial charge in [-0.1, -0.05) is 6.92 Å². The summed E-state index contributed by atoms with van der Waals surface area (Å²) in [5.41, 5.74) is 1.63. The lowest BCUT2D eigenvalue weighted by Crippen LogP contribution is -2.00. The van der Waals surface area contributed by atoms with Crippen molar-refractivity contribution in [1.29, 1.82) is 0 Å². The van der Waals surface area contributed by atoms with Crippen LogP contribution in [0.3, 0.4) is 0 Å². The summed E-state index contributed by atoms with van der Waals surface area (Å²) in [7, 11) is 3.19. The van der Waals surface area contributed by atoms with Crippen LogP contribution in [-0.2, 0) is 17.6 Å². The van der Waals surface area contributed by atoms with Crippen molar-refractivity contribution in [2.45, 2.75) is 19.8 Å². The minimum Gasteiger partial charge on any atom is -0.497 e. The number of carboxylic acids is 1. The molecule has 0 amide bonds. The van der Waals surface area contributed by atoms with E-state index in [4.69, 9.17) is 14.6 Å². The van der Waals surface area contributed by atoms with Crippen molar-refractivity contribution < 1.29 is 19.4 Å². The molecule has 6 heteroatoms. The predicted octanol–water partition coefficient (Wildman–Crippen LogP) is 3.02. The summed E-state index contributed by atoms with van der Waals surface area (Å²) in [4.78, 5) is 16.3. The highest BCUT2D eigenvalue weighted by molar-refractivity contribution is 7.15. The van der Waals surface area contributed by atoms with Crippen molar-refractivity contribution >= 4 is 17.3 Å². The molecule has 21 heavy (non-hydrogen) atoms. The molecule has 5 nitrogen and oxygen atoms in total. The summed E-state index contributed by atoms with van der Waals surface area (Å²) < 4.78 is 10.6. The number of aryl methyl sites for hydroxylation is 1. The Labute approximate surface area is 127 Å². The minimum absolute atomic E-state index is 0.00682. The van der Waals surface area contributed by atoms with E-state index in [1.54, 1.807) is 14.2 Å². The molecule has 0 atom stereocenters. The van der Waals surface area contributed by atoms with Crippen LogP contribution in [-0.4, -0.2) is 30.3 Å². The van der Waals surface area contributed by atoms with Gasteiger partial charge in [-0.2, -0.15) is 0 Å². The highest BCUT2D eigenvalue weighted by Gasteiger charge is 2.17. The van der Waals surface area contributed by atoms with Gasteiger partial charge in [-0.15, -0.1) is 11.3 Å². The Bertz CT molecular complexity index is 651. The smallest absolute Gasteiger partial charge is 0.308 e. The second-order valence-electron chi connectivity index (χ2n) is 4.38. The van der Waals surface area contributed by atoms with Crippen LogP contribution < -0.4 is 9.47 Å². The Hall–Kier alpha value is -2.08. The molecule has 0 unspecified atom stereocenters. The van der Waals surface area contributed by atoms with Crippen LogP contribution >= 0.6 is 11.3 Å². The third-order valence-electron chi connectivity index (χ3n) is 3.06. The van der Waals surface area contributed by atoms with E-state index in [2.05, 4.69) is 4.98 Å². The van der Waals surface area contributed by atoms with Gasteiger partial charge in [0.15, 0.2) is 0 Å². The van der Waals surface area contributed by atoms with Crippen LogP contribution in [0.1, 0.15) is 17.5 Å². The predicted molar refractivity (Wildman–Crippen MR) is 81.4 cm³/mol. The molecule has 0 saturated heterocycles. The van der Waals surface area contributed by atoms with Crippen molar-refractivity contribution in [3.63, 3.8) is 0 Å². The summed E-state index contributed by atoms with van der Waals surface area (Å²) in [5, 5.41) is 9.73.